The molecule has 0 atom stereocenters. The second-order valence-corrected chi connectivity index (χ2v) is 9.85. The highest BCUT2D eigenvalue weighted by molar-refractivity contribution is 7.89. The number of carbonyl (C=O) groups is 2. The van der Waals surface area contributed by atoms with Crippen molar-refractivity contribution in [1.29, 1.82) is 0 Å². The molecule has 1 heterocycles. The van der Waals surface area contributed by atoms with Crippen molar-refractivity contribution in [3.63, 3.8) is 0 Å². The lowest BCUT2D eigenvalue weighted by atomic mass is 9.95. The Bertz CT molecular complexity index is 837. The summed E-state index contributed by atoms with van der Waals surface area (Å²) in [7, 11) is -3.45. The summed E-state index contributed by atoms with van der Waals surface area (Å²) in [6.07, 6.45) is 5.22. The van der Waals surface area contributed by atoms with E-state index in [0.717, 1.165) is 31.2 Å². The molecule has 3 aliphatic rings. The topological polar surface area (TPSA) is 95.6 Å². The quantitative estimate of drug-likeness (QED) is 0.717. The van der Waals surface area contributed by atoms with Crippen molar-refractivity contribution in [1.82, 2.24) is 14.9 Å². The summed E-state index contributed by atoms with van der Waals surface area (Å²) in [6, 6.07) is 6.70. The number of hydrogen-bond donors (Lipinski definition) is 2. The fraction of sp³-hybridized carbons (Fsp3) is 0.600. The molecule has 28 heavy (non-hydrogen) atoms. The minimum atomic E-state index is -3.45. The molecule has 1 saturated heterocycles. The lowest BCUT2D eigenvalue weighted by Gasteiger charge is -2.31. The zero-order chi connectivity index (χ0) is 19.7. The van der Waals surface area contributed by atoms with Gasteiger partial charge in [-0.2, -0.15) is 0 Å². The second-order valence-electron chi connectivity index (χ2n) is 8.13. The van der Waals surface area contributed by atoms with Crippen LogP contribution in [0.2, 0.25) is 0 Å². The number of rotatable bonds is 7. The van der Waals surface area contributed by atoms with E-state index in [-0.39, 0.29) is 34.6 Å². The van der Waals surface area contributed by atoms with Crippen LogP contribution in [0.15, 0.2) is 29.2 Å². The van der Waals surface area contributed by atoms with Gasteiger partial charge in [-0.3, -0.25) is 9.59 Å². The van der Waals surface area contributed by atoms with Crippen molar-refractivity contribution in [2.45, 2.75) is 56.0 Å². The van der Waals surface area contributed by atoms with Crippen molar-refractivity contribution in [3.8, 4) is 0 Å². The maximum Gasteiger partial charge on any atom is 0.240 e. The van der Waals surface area contributed by atoms with Gasteiger partial charge >= 0.3 is 0 Å². The smallest absolute Gasteiger partial charge is 0.240 e. The highest BCUT2D eigenvalue weighted by Gasteiger charge is 2.36. The first kappa shape index (κ1) is 19.4. The van der Waals surface area contributed by atoms with Crippen LogP contribution >= 0.6 is 0 Å². The number of sulfonamides is 1. The van der Waals surface area contributed by atoms with E-state index in [9.17, 15) is 18.0 Å². The summed E-state index contributed by atoms with van der Waals surface area (Å²) in [6.45, 7) is 1.69. The number of nitrogens with zero attached hydrogens (tertiary/aromatic N) is 1. The van der Waals surface area contributed by atoms with Crippen molar-refractivity contribution >= 4 is 21.8 Å². The summed E-state index contributed by atoms with van der Waals surface area (Å²) in [5, 5.41) is 2.94. The van der Waals surface area contributed by atoms with E-state index in [1.165, 1.54) is 0 Å². The molecule has 2 saturated carbocycles. The van der Waals surface area contributed by atoms with Crippen LogP contribution in [-0.4, -0.2) is 44.3 Å². The maximum atomic E-state index is 12.4. The Kier molecular flexibility index (Phi) is 5.42. The van der Waals surface area contributed by atoms with Gasteiger partial charge in [-0.05, 0) is 56.2 Å². The first-order valence-corrected chi connectivity index (χ1v) is 11.6. The SMILES string of the molecule is O=C(NCc1ccc(S(=O)(=O)NC2CC2)cc1)C1CCN(C(=O)C2CC2)CC1. The highest BCUT2D eigenvalue weighted by atomic mass is 32.2. The van der Waals surface area contributed by atoms with E-state index in [2.05, 4.69) is 10.0 Å². The van der Waals surface area contributed by atoms with Gasteiger partial charge in [-0.15, -0.1) is 0 Å². The maximum absolute atomic E-state index is 12.4. The molecular formula is C20H27N3O4S. The Morgan fingerprint density at radius 2 is 1.57 bits per heavy atom. The van der Waals surface area contributed by atoms with E-state index < -0.39 is 10.0 Å². The molecule has 7 nitrogen and oxygen atoms in total. The molecule has 1 aromatic carbocycles. The molecular weight excluding hydrogens is 378 g/mol. The molecule has 0 spiro atoms. The molecule has 0 unspecified atom stereocenters. The Morgan fingerprint density at radius 1 is 0.929 bits per heavy atom. The third-order valence-electron chi connectivity index (χ3n) is 5.70. The minimum Gasteiger partial charge on any atom is -0.352 e. The highest BCUT2D eigenvalue weighted by Crippen LogP contribution is 2.32. The molecule has 0 aromatic heterocycles. The number of piperidine rings is 1. The fourth-order valence-electron chi connectivity index (χ4n) is 3.56. The van der Waals surface area contributed by atoms with Gasteiger partial charge in [0.15, 0.2) is 0 Å². The second kappa shape index (κ2) is 7.83. The summed E-state index contributed by atoms with van der Waals surface area (Å²) < 4.78 is 27.0. The van der Waals surface area contributed by atoms with Gasteiger partial charge in [-0.25, -0.2) is 13.1 Å². The Balaban J connectivity index is 1.24. The van der Waals surface area contributed by atoms with Crippen LogP contribution in [0.3, 0.4) is 0 Å². The molecule has 0 bridgehead atoms. The van der Waals surface area contributed by atoms with E-state index in [0.29, 0.717) is 32.5 Å². The molecule has 2 N–H and O–H groups in total. The lowest BCUT2D eigenvalue weighted by Crippen LogP contribution is -2.43. The van der Waals surface area contributed by atoms with Crippen LogP contribution in [0.25, 0.3) is 0 Å². The molecule has 2 amide bonds. The Morgan fingerprint density at radius 3 is 2.14 bits per heavy atom. The summed E-state index contributed by atoms with van der Waals surface area (Å²) >= 11 is 0. The van der Waals surface area contributed by atoms with Gasteiger partial charge in [0.25, 0.3) is 0 Å². The van der Waals surface area contributed by atoms with Crippen LogP contribution < -0.4 is 10.0 Å². The minimum absolute atomic E-state index is 0.00520. The van der Waals surface area contributed by atoms with Crippen LogP contribution in [-0.2, 0) is 26.2 Å². The van der Waals surface area contributed by atoms with Gasteiger partial charge in [0.1, 0.15) is 0 Å². The van der Waals surface area contributed by atoms with Gasteiger partial charge in [0, 0.05) is 37.5 Å². The van der Waals surface area contributed by atoms with E-state index in [1.807, 2.05) is 4.90 Å². The number of likely N-dealkylation sites (tertiary alicyclic amines) is 1. The third kappa shape index (κ3) is 4.72. The van der Waals surface area contributed by atoms with Crippen molar-refractivity contribution in [3.05, 3.63) is 29.8 Å². The van der Waals surface area contributed by atoms with Crippen LogP contribution in [0.1, 0.15) is 44.1 Å². The average Bonchev–Trinajstić information content (AvgIpc) is 3.60. The molecule has 4 rings (SSSR count). The van der Waals surface area contributed by atoms with Crippen LogP contribution in [0.4, 0.5) is 0 Å². The predicted octanol–water partition coefficient (Wildman–Crippen LogP) is 1.39. The van der Waals surface area contributed by atoms with E-state index in [4.69, 9.17) is 0 Å². The number of carbonyl (C=O) groups excluding carboxylic acids is 2. The molecule has 2 aliphatic carbocycles. The van der Waals surface area contributed by atoms with Crippen molar-refractivity contribution in [2.24, 2.45) is 11.8 Å². The predicted molar refractivity (Wildman–Crippen MR) is 104 cm³/mol. The molecule has 3 fully saturated rings. The van der Waals surface area contributed by atoms with Crippen molar-refractivity contribution in [2.75, 3.05) is 13.1 Å². The molecule has 8 heteroatoms. The Labute approximate surface area is 165 Å². The normalized spacial score (nSPS) is 20.8. The number of benzene rings is 1. The average molecular weight is 406 g/mol. The summed E-state index contributed by atoms with van der Waals surface area (Å²) in [5.41, 5.74) is 0.861. The first-order chi connectivity index (χ1) is 13.4. The Hall–Kier alpha value is -1.93. The van der Waals surface area contributed by atoms with Crippen LogP contribution in [0, 0.1) is 11.8 Å². The van der Waals surface area contributed by atoms with Gasteiger partial charge in [0.05, 0.1) is 4.90 Å². The first-order valence-electron chi connectivity index (χ1n) is 10.1. The monoisotopic (exact) mass is 405 g/mol. The summed E-state index contributed by atoms with van der Waals surface area (Å²) in [5.74, 6) is 0.429. The standard InChI is InChI=1S/C20H27N3O4S/c24-19(15-9-11-23(12-10-15)20(25)16-3-4-16)21-13-14-1-7-18(8-2-14)28(26,27)22-17-5-6-17/h1-2,7-8,15-17,22H,3-6,9-13H2,(H,21,24). The van der Waals surface area contributed by atoms with Gasteiger partial charge in [-0.1, -0.05) is 12.1 Å². The number of amides is 2. The van der Waals surface area contributed by atoms with Gasteiger partial charge in [0.2, 0.25) is 21.8 Å². The van der Waals surface area contributed by atoms with E-state index >= 15 is 0 Å². The zero-order valence-corrected chi connectivity index (χ0v) is 16.7. The fourth-order valence-corrected chi connectivity index (χ4v) is 4.86. The van der Waals surface area contributed by atoms with Crippen LogP contribution in [0.5, 0.6) is 0 Å². The summed E-state index contributed by atoms with van der Waals surface area (Å²) in [4.78, 5) is 26.7. The zero-order valence-electron chi connectivity index (χ0n) is 15.9. The van der Waals surface area contributed by atoms with Gasteiger partial charge < -0.3 is 10.2 Å². The number of nitrogens with one attached hydrogen (secondary N) is 2. The largest absolute Gasteiger partial charge is 0.352 e. The lowest BCUT2D eigenvalue weighted by molar-refractivity contribution is -0.136. The third-order valence-corrected chi connectivity index (χ3v) is 7.24. The number of hydrogen-bond acceptors (Lipinski definition) is 4. The van der Waals surface area contributed by atoms with E-state index in [1.54, 1.807) is 24.3 Å². The molecule has 1 aliphatic heterocycles. The molecule has 1 aromatic rings. The molecule has 0 radical (unpaired) electrons. The van der Waals surface area contributed by atoms with Crippen molar-refractivity contribution < 1.29 is 18.0 Å². The molecule has 152 valence electrons.